The van der Waals surface area contributed by atoms with Crippen molar-refractivity contribution >= 4 is 11.6 Å². The molecule has 2 aromatic carbocycles. The zero-order valence-corrected chi connectivity index (χ0v) is 16.2. The predicted molar refractivity (Wildman–Crippen MR) is 107 cm³/mol. The Morgan fingerprint density at radius 1 is 1.03 bits per heavy atom. The van der Waals surface area contributed by atoms with Crippen LogP contribution in [0.4, 0.5) is 4.39 Å². The number of carbonyl (C=O) groups is 2. The van der Waals surface area contributed by atoms with Gasteiger partial charge in [-0.05, 0) is 56.0 Å². The van der Waals surface area contributed by atoms with E-state index in [2.05, 4.69) is 23.7 Å². The van der Waals surface area contributed by atoms with Crippen LogP contribution in [0, 0.1) is 35.4 Å². The summed E-state index contributed by atoms with van der Waals surface area (Å²) in [6.45, 7) is 2.14. The normalized spacial score (nSPS) is 11.5. The Bertz CT molecular complexity index is 1010. The molecular formula is C24H21FO4. The largest absolute Gasteiger partial charge is 0.390 e. The Morgan fingerprint density at radius 2 is 1.66 bits per heavy atom. The number of aliphatic hydroxyl groups excluding tert-OH is 1. The fraction of sp³-hybridized carbons (Fsp3) is 0.250. The topological polar surface area (TPSA) is 74.6 Å². The van der Waals surface area contributed by atoms with E-state index in [4.69, 9.17) is 5.11 Å². The van der Waals surface area contributed by atoms with Crippen molar-refractivity contribution in [3.63, 3.8) is 0 Å². The Kier molecular flexibility index (Phi) is 7.45. The summed E-state index contributed by atoms with van der Waals surface area (Å²) < 4.78 is 13.1. The molecule has 0 aromatic heterocycles. The number of Topliss-reactive ketones (excluding diaryl/α,β-unsaturated/α-hetero) is 2. The van der Waals surface area contributed by atoms with E-state index in [9.17, 15) is 19.1 Å². The third-order valence-corrected chi connectivity index (χ3v) is 4.29. The minimum Gasteiger partial charge on any atom is -0.390 e. The highest BCUT2D eigenvalue weighted by atomic mass is 19.1. The molecule has 0 aliphatic rings. The average Bonchev–Trinajstić information content (AvgIpc) is 2.68. The van der Waals surface area contributed by atoms with Crippen molar-refractivity contribution in [1.29, 1.82) is 0 Å². The van der Waals surface area contributed by atoms with E-state index in [1.54, 1.807) is 36.4 Å². The van der Waals surface area contributed by atoms with Crippen LogP contribution >= 0.6 is 0 Å². The lowest BCUT2D eigenvalue weighted by Gasteiger charge is -2.27. The molecule has 0 saturated carbocycles. The molecule has 1 atom stereocenters. The highest BCUT2D eigenvalue weighted by Crippen LogP contribution is 2.23. The summed E-state index contributed by atoms with van der Waals surface area (Å²) in [5, 5.41) is 19.2. The summed E-state index contributed by atoms with van der Waals surface area (Å²) in [6, 6.07) is 12.4. The van der Waals surface area contributed by atoms with Gasteiger partial charge in [0.05, 0.1) is 11.5 Å². The molecule has 4 nitrogen and oxygen atoms in total. The fourth-order valence-corrected chi connectivity index (χ4v) is 2.68. The van der Waals surface area contributed by atoms with Crippen LogP contribution in [0.3, 0.4) is 0 Å². The minimum absolute atomic E-state index is 0.201. The van der Waals surface area contributed by atoms with Gasteiger partial charge in [0, 0.05) is 23.1 Å². The smallest absolute Gasteiger partial charge is 0.164 e. The van der Waals surface area contributed by atoms with Gasteiger partial charge < -0.3 is 10.2 Å². The molecule has 0 heterocycles. The number of aliphatic hydroxyl groups is 2. The van der Waals surface area contributed by atoms with E-state index in [1.807, 2.05) is 0 Å². The van der Waals surface area contributed by atoms with Crippen LogP contribution in [0.1, 0.15) is 41.8 Å². The van der Waals surface area contributed by atoms with Gasteiger partial charge in [-0.1, -0.05) is 30.0 Å². The number of carbonyl (C=O) groups excluding carboxylic acids is 2. The number of hydrogen-bond donors (Lipinski definition) is 2. The number of hydrogen-bond acceptors (Lipinski definition) is 4. The van der Waals surface area contributed by atoms with Crippen molar-refractivity contribution in [1.82, 2.24) is 0 Å². The lowest BCUT2D eigenvalue weighted by Crippen LogP contribution is -2.39. The van der Waals surface area contributed by atoms with Crippen LogP contribution in [0.5, 0.6) is 0 Å². The minimum atomic E-state index is -1.42. The highest BCUT2D eigenvalue weighted by molar-refractivity contribution is 5.99. The van der Waals surface area contributed by atoms with Crippen molar-refractivity contribution in [2.45, 2.75) is 25.9 Å². The molecule has 0 bridgehead atoms. The quantitative estimate of drug-likeness (QED) is 0.586. The van der Waals surface area contributed by atoms with E-state index >= 15 is 0 Å². The van der Waals surface area contributed by atoms with Crippen LogP contribution in [0.2, 0.25) is 0 Å². The van der Waals surface area contributed by atoms with Gasteiger partial charge in [-0.3, -0.25) is 9.59 Å². The molecule has 148 valence electrons. The molecule has 0 spiro atoms. The van der Waals surface area contributed by atoms with Gasteiger partial charge in [-0.25, -0.2) is 4.39 Å². The first-order valence-electron chi connectivity index (χ1n) is 8.97. The zero-order chi connectivity index (χ0) is 21.4. The number of ketones is 2. The van der Waals surface area contributed by atoms with Gasteiger partial charge >= 0.3 is 0 Å². The third-order valence-electron chi connectivity index (χ3n) is 4.29. The van der Waals surface area contributed by atoms with Gasteiger partial charge in [0.15, 0.2) is 11.6 Å². The molecule has 29 heavy (non-hydrogen) atoms. The van der Waals surface area contributed by atoms with Crippen LogP contribution in [0.25, 0.3) is 0 Å². The van der Waals surface area contributed by atoms with Crippen molar-refractivity contribution in [2.75, 3.05) is 6.61 Å². The summed E-state index contributed by atoms with van der Waals surface area (Å²) in [6.07, 6.45) is -0.201. The summed E-state index contributed by atoms with van der Waals surface area (Å²) in [5.41, 5.74) is 0.127. The lowest BCUT2D eigenvalue weighted by atomic mass is 9.82. The van der Waals surface area contributed by atoms with E-state index in [1.165, 1.54) is 26.0 Å². The molecule has 0 fully saturated rings. The van der Waals surface area contributed by atoms with Crippen LogP contribution in [-0.2, 0) is 4.79 Å². The molecule has 0 aliphatic heterocycles. The monoisotopic (exact) mass is 392 g/mol. The van der Waals surface area contributed by atoms with E-state index in [-0.39, 0.29) is 18.0 Å². The number of halogens is 1. The van der Waals surface area contributed by atoms with Crippen LogP contribution in [0.15, 0.2) is 48.5 Å². The van der Waals surface area contributed by atoms with Crippen molar-refractivity contribution in [3.8, 4) is 23.7 Å². The van der Waals surface area contributed by atoms with Gasteiger partial charge in [-0.2, -0.15) is 0 Å². The van der Waals surface area contributed by atoms with Gasteiger partial charge in [0.1, 0.15) is 12.4 Å². The van der Waals surface area contributed by atoms with Gasteiger partial charge in [0.25, 0.3) is 0 Å². The molecule has 0 aliphatic carbocycles. The molecule has 0 radical (unpaired) electrons. The first kappa shape index (κ1) is 22.0. The molecule has 2 aromatic rings. The standard InChI is InChI=1S/C24H21FO4/c1-24(2,29)21(23(28)16-26)15-22(27)19-12-10-17(11-13-19)6-3-4-7-18-8-5-9-20(25)14-18/h5,8-14,21,26,29H,15-16H2,1-2H3/t21-/m1/s1. The van der Waals surface area contributed by atoms with E-state index < -0.39 is 23.9 Å². The second-order valence-corrected chi connectivity index (χ2v) is 7.05. The predicted octanol–water partition coefficient (Wildman–Crippen LogP) is 2.75. The maximum atomic E-state index is 13.1. The maximum absolute atomic E-state index is 13.1. The molecule has 0 unspecified atom stereocenters. The Balaban J connectivity index is 2.07. The Labute approximate surface area is 169 Å². The number of benzene rings is 2. The summed E-state index contributed by atoms with van der Waals surface area (Å²) in [5.74, 6) is 8.64. The van der Waals surface area contributed by atoms with Gasteiger partial charge in [0.2, 0.25) is 0 Å². The summed E-state index contributed by atoms with van der Waals surface area (Å²) in [7, 11) is 0. The molecule has 2 N–H and O–H groups in total. The molecule has 5 heteroatoms. The SMILES string of the molecule is CC(C)(O)[C@H](CC(=O)c1ccc(C#CC#Cc2cccc(F)c2)cc1)C(=O)CO. The highest BCUT2D eigenvalue weighted by Gasteiger charge is 2.34. The van der Waals surface area contributed by atoms with Crippen LogP contribution < -0.4 is 0 Å². The first-order chi connectivity index (χ1) is 13.7. The lowest BCUT2D eigenvalue weighted by molar-refractivity contribution is -0.133. The summed E-state index contributed by atoms with van der Waals surface area (Å²) >= 11 is 0. The van der Waals surface area contributed by atoms with Crippen LogP contribution in [-0.4, -0.2) is 34.0 Å². The molecule has 2 rings (SSSR count). The molecular weight excluding hydrogens is 371 g/mol. The van der Waals surface area contributed by atoms with Crippen molar-refractivity contribution in [3.05, 3.63) is 71.0 Å². The maximum Gasteiger partial charge on any atom is 0.164 e. The molecule has 0 amide bonds. The van der Waals surface area contributed by atoms with E-state index in [0.29, 0.717) is 16.7 Å². The average molecular weight is 392 g/mol. The second-order valence-electron chi connectivity index (χ2n) is 7.05. The van der Waals surface area contributed by atoms with E-state index in [0.717, 1.165) is 0 Å². The number of rotatable bonds is 6. The van der Waals surface area contributed by atoms with Crippen molar-refractivity contribution in [2.24, 2.45) is 5.92 Å². The Morgan fingerprint density at radius 3 is 2.21 bits per heavy atom. The van der Waals surface area contributed by atoms with Crippen molar-refractivity contribution < 1.29 is 24.2 Å². The Hall–Kier alpha value is -3.25. The second kappa shape index (κ2) is 9.80. The fourth-order valence-electron chi connectivity index (χ4n) is 2.68. The summed E-state index contributed by atoms with van der Waals surface area (Å²) in [4.78, 5) is 24.3. The first-order valence-corrected chi connectivity index (χ1v) is 8.97. The van der Waals surface area contributed by atoms with Gasteiger partial charge in [-0.15, -0.1) is 0 Å². The zero-order valence-electron chi connectivity index (χ0n) is 16.2. The molecule has 0 saturated heterocycles. The third kappa shape index (κ3) is 6.69.